The van der Waals surface area contributed by atoms with Crippen molar-refractivity contribution in [2.24, 2.45) is 0 Å². The molecule has 0 bridgehead atoms. The summed E-state index contributed by atoms with van der Waals surface area (Å²) in [5.41, 5.74) is 17.9. The van der Waals surface area contributed by atoms with Crippen molar-refractivity contribution < 1.29 is 8.83 Å². The minimum Gasteiger partial charge on any atom is -0.456 e. The van der Waals surface area contributed by atoms with Crippen LogP contribution in [0.5, 0.6) is 0 Å². The Hall–Kier alpha value is -8.19. The minimum atomic E-state index is -2.04. The van der Waals surface area contributed by atoms with E-state index in [4.69, 9.17) is 8.83 Å². The Labute approximate surface area is 408 Å². The molecule has 12 aromatic rings. The summed E-state index contributed by atoms with van der Waals surface area (Å²) in [7, 11) is -2.04. The molecule has 0 atom stereocenters. The number of hydrogen-bond acceptors (Lipinski definition) is 4. The summed E-state index contributed by atoms with van der Waals surface area (Å²) in [5.74, 6) is 0. The van der Waals surface area contributed by atoms with Crippen LogP contribution in [0.25, 0.3) is 66.1 Å². The van der Waals surface area contributed by atoms with Gasteiger partial charge < -0.3 is 18.5 Å². The number of unbranched alkanes of at least 4 members (excludes halogenated alkanes) is 1. The lowest BCUT2D eigenvalue weighted by Crippen LogP contribution is -2.62. The first-order valence-corrected chi connectivity index (χ1v) is 26.2. The van der Waals surface area contributed by atoms with Gasteiger partial charge in [-0.05, 0) is 120 Å². The minimum absolute atomic E-state index is 0.255. The highest BCUT2D eigenvalue weighted by atomic mass is 32.3. The van der Waals surface area contributed by atoms with Gasteiger partial charge in [0.15, 0.2) is 0 Å². The van der Waals surface area contributed by atoms with Gasteiger partial charge in [0.05, 0.1) is 11.4 Å². The van der Waals surface area contributed by atoms with Gasteiger partial charge in [-0.15, -0.1) is 10.0 Å². The molecule has 0 aliphatic carbocycles. The molecule has 6 heteroatoms. The van der Waals surface area contributed by atoms with Crippen molar-refractivity contribution in [1.82, 2.24) is 0 Å². The molecule has 70 heavy (non-hydrogen) atoms. The van der Waals surface area contributed by atoms with E-state index in [1.807, 2.05) is 0 Å². The molecule has 4 nitrogen and oxygen atoms in total. The number of hydrogen-bond donors (Lipinski definition) is 0. The number of benzene rings is 10. The van der Waals surface area contributed by atoms with Crippen molar-refractivity contribution >= 4 is 100 Å². The van der Waals surface area contributed by atoms with Gasteiger partial charge in [-0.3, -0.25) is 0 Å². The molecule has 0 saturated heterocycles. The van der Waals surface area contributed by atoms with Crippen molar-refractivity contribution in [3.05, 3.63) is 224 Å². The Morgan fingerprint density at radius 1 is 0.471 bits per heavy atom. The maximum Gasteiger partial charge on any atom is 0.333 e. The molecular weight excluding hydrogens is 872 g/mol. The van der Waals surface area contributed by atoms with Crippen molar-refractivity contribution in [3.63, 3.8) is 0 Å². The molecule has 0 spiro atoms. The van der Waals surface area contributed by atoms with Crippen molar-refractivity contribution in [3.8, 4) is 22.3 Å². The van der Waals surface area contributed by atoms with Gasteiger partial charge in [0.25, 0.3) is 0 Å². The number of anilines is 5. The van der Waals surface area contributed by atoms with E-state index < -0.39 is 10.0 Å². The van der Waals surface area contributed by atoms with Gasteiger partial charge in [0.2, 0.25) is 0 Å². The van der Waals surface area contributed by atoms with E-state index in [1.54, 1.807) is 0 Å². The van der Waals surface area contributed by atoms with Crippen LogP contribution in [0.15, 0.2) is 247 Å². The Morgan fingerprint density at radius 3 is 1.87 bits per heavy atom. The zero-order valence-corrected chi connectivity index (χ0v) is 39.4. The number of furan rings is 2. The summed E-state index contributed by atoms with van der Waals surface area (Å²) >= 11 is 0. The first kappa shape index (κ1) is 39.8. The fourth-order valence-electron chi connectivity index (χ4n) is 12.3. The van der Waals surface area contributed by atoms with Crippen LogP contribution < -0.4 is 20.6 Å². The molecule has 0 unspecified atom stereocenters. The Bertz CT molecular complexity index is 4050. The Balaban J connectivity index is 1.14. The summed E-state index contributed by atoms with van der Waals surface area (Å²) in [4.78, 5) is 10.6. The molecule has 5 heterocycles. The highest BCUT2D eigenvalue weighted by Gasteiger charge is 2.53. The summed E-state index contributed by atoms with van der Waals surface area (Å²) in [5, 5.41) is 4.44. The lowest BCUT2D eigenvalue weighted by molar-refractivity contribution is 0.669. The smallest absolute Gasteiger partial charge is 0.333 e. The third kappa shape index (κ3) is 5.40. The lowest BCUT2D eigenvalue weighted by Gasteiger charge is -2.54. The van der Waals surface area contributed by atoms with Crippen LogP contribution in [0.1, 0.15) is 25.3 Å². The van der Waals surface area contributed by atoms with E-state index in [2.05, 4.69) is 235 Å². The fraction of sp³-hybridized carbons (Fsp3) is 0.0625. The maximum atomic E-state index is 7.23. The largest absolute Gasteiger partial charge is 0.456 e. The first-order chi connectivity index (χ1) is 34.7. The van der Waals surface area contributed by atoms with E-state index in [9.17, 15) is 0 Å². The monoisotopic (exact) mass is 916 g/mol. The van der Waals surface area contributed by atoms with Crippen LogP contribution in [0.3, 0.4) is 0 Å². The van der Waals surface area contributed by atoms with Crippen LogP contribution >= 0.6 is 10.0 Å². The van der Waals surface area contributed by atoms with E-state index in [0.29, 0.717) is 0 Å². The average molecular weight is 917 g/mol. The van der Waals surface area contributed by atoms with E-state index in [0.717, 1.165) is 85.8 Å². The fourth-order valence-corrected chi connectivity index (χ4v) is 16.5. The first-order valence-electron chi connectivity index (χ1n) is 24.6. The molecular formula is C64H45BN2O2S. The van der Waals surface area contributed by atoms with Crippen LogP contribution in [-0.2, 0) is 6.42 Å². The third-order valence-electron chi connectivity index (χ3n) is 15.2. The van der Waals surface area contributed by atoms with Crippen molar-refractivity contribution in [2.45, 2.75) is 45.8 Å². The van der Waals surface area contributed by atoms with Gasteiger partial charge in [0.1, 0.15) is 22.3 Å². The SMILES string of the molecule is CCCCc1ccc(N2c3cc4c(cc3B3c5c2cc2c(oc6ccccc62)c5-c2cccc5c2N3c2ccccc2S5(c2ccccc2)c2ccccc2)oc2ccccc24)c(-c2ccccc2)c1. The predicted octanol–water partition coefficient (Wildman–Crippen LogP) is 16.9. The van der Waals surface area contributed by atoms with Gasteiger partial charge >= 0.3 is 6.85 Å². The third-order valence-corrected chi connectivity index (χ3v) is 19.2. The van der Waals surface area contributed by atoms with Crippen molar-refractivity contribution in [1.29, 1.82) is 0 Å². The molecule has 10 aromatic carbocycles. The Morgan fingerprint density at radius 2 is 1.11 bits per heavy atom. The van der Waals surface area contributed by atoms with Gasteiger partial charge in [-0.25, -0.2) is 0 Å². The zero-order chi connectivity index (χ0) is 46.1. The predicted molar refractivity (Wildman–Crippen MR) is 292 cm³/mol. The molecule has 0 saturated carbocycles. The number of para-hydroxylation sites is 4. The summed E-state index contributed by atoms with van der Waals surface area (Å²) in [6.07, 6.45) is 3.31. The molecule has 0 amide bonds. The van der Waals surface area contributed by atoms with E-state index in [1.165, 1.54) is 64.1 Å². The summed E-state index contributed by atoms with van der Waals surface area (Å²) in [6.45, 7) is 2.02. The molecule has 15 rings (SSSR count). The van der Waals surface area contributed by atoms with Gasteiger partial charge in [0, 0.05) is 74.9 Å². The standard InChI is InChI=1S/C64H45BN2O2S/c1-2-3-20-41-35-36-52(48(37-41)42-21-7-4-8-22-42)66-54-38-49-45-27-13-16-31-56(45)68-58(49)40-51(54)65-62-55(66)39-50-46-28-14-17-32-57(46)69-64(50)61(62)47-29-19-34-60-63(47)67(65)53-30-15-18-33-59(53)70(60,43-23-9-5-10-24-43)44-25-11-6-12-26-44/h4-19,21-40H,2-3,20H2,1H3. The quantitative estimate of drug-likeness (QED) is 0.149. The average Bonchev–Trinajstić information content (AvgIpc) is 4.00. The van der Waals surface area contributed by atoms with Crippen LogP contribution in [0, 0.1) is 0 Å². The lowest BCUT2D eigenvalue weighted by atomic mass is 9.43. The molecule has 3 aliphatic rings. The molecule has 3 aliphatic heterocycles. The second kappa shape index (κ2) is 15.2. The molecule has 0 fully saturated rings. The summed E-state index contributed by atoms with van der Waals surface area (Å²) in [6, 6.07) is 81.4. The van der Waals surface area contributed by atoms with Gasteiger partial charge in [-0.1, -0.05) is 147 Å². The Kier molecular flexibility index (Phi) is 8.61. The van der Waals surface area contributed by atoms with E-state index in [-0.39, 0.29) is 6.85 Å². The number of aryl methyl sites for hydroxylation is 1. The maximum absolute atomic E-state index is 7.23. The number of rotatable bonds is 7. The number of fused-ring (bicyclic) bond motifs is 13. The number of nitrogens with zero attached hydrogens (tertiary/aromatic N) is 2. The van der Waals surface area contributed by atoms with E-state index >= 15 is 0 Å². The second-order valence-electron chi connectivity index (χ2n) is 19.0. The zero-order valence-electron chi connectivity index (χ0n) is 38.6. The second-order valence-corrected chi connectivity index (χ2v) is 22.0. The van der Waals surface area contributed by atoms with Crippen LogP contribution in [0.4, 0.5) is 28.4 Å². The van der Waals surface area contributed by atoms with Gasteiger partial charge in [-0.2, -0.15) is 0 Å². The topological polar surface area (TPSA) is 32.8 Å². The molecule has 0 N–H and O–H groups in total. The normalized spacial score (nSPS) is 14.4. The molecule has 0 radical (unpaired) electrons. The highest BCUT2D eigenvalue weighted by Crippen LogP contribution is 2.80. The highest BCUT2D eigenvalue weighted by molar-refractivity contribution is 8.34. The molecule has 2 aromatic heterocycles. The van der Waals surface area contributed by atoms with Crippen molar-refractivity contribution in [2.75, 3.05) is 9.71 Å². The summed E-state index contributed by atoms with van der Waals surface area (Å²) < 4.78 is 14.1. The van der Waals surface area contributed by atoms with Crippen LogP contribution in [-0.4, -0.2) is 6.85 Å². The molecule has 332 valence electrons. The van der Waals surface area contributed by atoms with Crippen LogP contribution in [0.2, 0.25) is 0 Å².